The van der Waals surface area contributed by atoms with Crippen LogP contribution in [0.2, 0.25) is 5.02 Å². The van der Waals surface area contributed by atoms with E-state index in [0.717, 1.165) is 16.3 Å². The highest BCUT2D eigenvalue weighted by molar-refractivity contribution is 7.10. The predicted molar refractivity (Wildman–Crippen MR) is 87.6 cm³/mol. The summed E-state index contributed by atoms with van der Waals surface area (Å²) in [6.45, 7) is 2.20. The lowest BCUT2D eigenvalue weighted by Gasteiger charge is -2.14. The van der Waals surface area contributed by atoms with Crippen molar-refractivity contribution in [2.75, 3.05) is 20.6 Å². The molecule has 0 bridgehead atoms. The number of nitrogens with one attached hydrogen (secondary N) is 1. The average Bonchev–Trinajstić information content (AvgIpc) is 2.97. The van der Waals surface area contributed by atoms with Gasteiger partial charge in [0.2, 0.25) is 5.91 Å². The number of likely N-dealkylation sites (N-methyl/N-ethyl adjacent to an activating group) is 1. The van der Waals surface area contributed by atoms with E-state index in [9.17, 15) is 9.18 Å². The van der Waals surface area contributed by atoms with E-state index >= 15 is 0 Å². The Kier molecular flexibility index (Phi) is 5.50. The highest BCUT2D eigenvalue weighted by atomic mass is 35.5. The van der Waals surface area contributed by atoms with E-state index < -0.39 is 5.82 Å². The smallest absolute Gasteiger partial charge is 0.236 e. The third kappa shape index (κ3) is 4.03. The van der Waals surface area contributed by atoms with Gasteiger partial charge in [0.1, 0.15) is 10.8 Å². The van der Waals surface area contributed by atoms with E-state index in [0.29, 0.717) is 0 Å². The molecular formula is C15H17ClFN3OS. The van der Waals surface area contributed by atoms with Crippen molar-refractivity contribution in [3.05, 3.63) is 39.4 Å². The van der Waals surface area contributed by atoms with Gasteiger partial charge in [-0.05, 0) is 25.1 Å². The van der Waals surface area contributed by atoms with E-state index in [1.165, 1.54) is 22.3 Å². The quantitative estimate of drug-likeness (QED) is 0.907. The minimum atomic E-state index is -0.446. The second kappa shape index (κ2) is 7.17. The lowest BCUT2D eigenvalue weighted by molar-refractivity contribution is -0.127. The molecule has 1 N–H and O–H groups in total. The van der Waals surface area contributed by atoms with Gasteiger partial charge in [-0.3, -0.25) is 10.1 Å². The van der Waals surface area contributed by atoms with Gasteiger partial charge in [0.05, 0.1) is 23.3 Å². The Balaban J connectivity index is 2.07. The number of hydrogen-bond donors (Lipinski definition) is 1. The van der Waals surface area contributed by atoms with Crippen molar-refractivity contribution in [2.45, 2.75) is 13.0 Å². The summed E-state index contributed by atoms with van der Waals surface area (Å²) in [5.41, 5.74) is 1.51. The minimum Gasteiger partial charge on any atom is -0.348 e. The first kappa shape index (κ1) is 16.9. The molecule has 0 saturated heterocycles. The van der Waals surface area contributed by atoms with Crippen LogP contribution in [0.4, 0.5) is 4.39 Å². The summed E-state index contributed by atoms with van der Waals surface area (Å²) in [6.07, 6.45) is 0. The minimum absolute atomic E-state index is 0.00828. The van der Waals surface area contributed by atoms with E-state index in [1.807, 2.05) is 12.3 Å². The van der Waals surface area contributed by atoms with Gasteiger partial charge in [-0.15, -0.1) is 11.3 Å². The molecule has 1 aromatic heterocycles. The molecule has 2 rings (SSSR count). The van der Waals surface area contributed by atoms with Gasteiger partial charge < -0.3 is 4.90 Å². The zero-order valence-corrected chi connectivity index (χ0v) is 14.1. The summed E-state index contributed by atoms with van der Waals surface area (Å²) >= 11 is 7.28. The summed E-state index contributed by atoms with van der Waals surface area (Å²) in [7, 11) is 3.43. The summed E-state index contributed by atoms with van der Waals surface area (Å²) in [4.78, 5) is 17.6. The Morgan fingerprint density at radius 1 is 1.50 bits per heavy atom. The number of carbonyl (C=O) groups is 1. The molecule has 2 aromatic rings. The van der Waals surface area contributed by atoms with Crippen molar-refractivity contribution in [2.24, 2.45) is 0 Å². The van der Waals surface area contributed by atoms with Crippen LogP contribution in [0.15, 0.2) is 23.6 Å². The second-order valence-electron chi connectivity index (χ2n) is 5.09. The van der Waals surface area contributed by atoms with Crippen LogP contribution in [0, 0.1) is 5.82 Å². The maximum atomic E-state index is 13.2. The van der Waals surface area contributed by atoms with Gasteiger partial charge in [-0.2, -0.15) is 0 Å². The standard InChI is InChI=1S/C15H17ClFN3OS/c1-9(18-7-14(21)20(2)3)15-19-13(8-22-15)10-4-5-12(17)11(16)6-10/h4-6,8-9,18H,7H2,1-3H3. The molecule has 0 saturated carbocycles. The summed E-state index contributed by atoms with van der Waals surface area (Å²) < 4.78 is 13.2. The Labute approximate surface area is 137 Å². The number of halogens is 2. The number of nitrogens with zero attached hydrogens (tertiary/aromatic N) is 2. The third-order valence-electron chi connectivity index (χ3n) is 3.17. The number of carbonyl (C=O) groups excluding carboxylic acids is 1. The maximum Gasteiger partial charge on any atom is 0.236 e. The Morgan fingerprint density at radius 2 is 2.23 bits per heavy atom. The number of rotatable bonds is 5. The van der Waals surface area contributed by atoms with Crippen molar-refractivity contribution in [1.82, 2.24) is 15.2 Å². The molecular weight excluding hydrogens is 325 g/mol. The molecule has 4 nitrogen and oxygen atoms in total. The first-order chi connectivity index (χ1) is 10.4. The van der Waals surface area contributed by atoms with Crippen LogP contribution in [0.5, 0.6) is 0 Å². The Morgan fingerprint density at radius 3 is 2.86 bits per heavy atom. The van der Waals surface area contributed by atoms with E-state index in [-0.39, 0.29) is 23.5 Å². The Hall–Kier alpha value is -1.50. The molecule has 0 aliphatic carbocycles. The van der Waals surface area contributed by atoms with Crippen molar-refractivity contribution in [1.29, 1.82) is 0 Å². The van der Waals surface area contributed by atoms with Gasteiger partial charge in [-0.1, -0.05) is 11.6 Å². The lowest BCUT2D eigenvalue weighted by atomic mass is 10.2. The molecule has 118 valence electrons. The predicted octanol–water partition coefficient (Wildman–Crippen LogP) is 3.34. The van der Waals surface area contributed by atoms with Crippen LogP contribution in [-0.2, 0) is 4.79 Å². The molecule has 0 aliphatic heterocycles. The van der Waals surface area contributed by atoms with E-state index in [2.05, 4.69) is 10.3 Å². The number of aromatic nitrogens is 1. The maximum absolute atomic E-state index is 13.2. The number of thiazole rings is 1. The van der Waals surface area contributed by atoms with Crippen LogP contribution in [0.3, 0.4) is 0 Å². The van der Waals surface area contributed by atoms with E-state index in [4.69, 9.17) is 11.6 Å². The first-order valence-electron chi connectivity index (χ1n) is 6.73. The average molecular weight is 342 g/mol. The third-order valence-corrected chi connectivity index (χ3v) is 4.48. The largest absolute Gasteiger partial charge is 0.348 e. The van der Waals surface area contributed by atoms with Gasteiger partial charge in [0.25, 0.3) is 0 Å². The summed E-state index contributed by atoms with van der Waals surface area (Å²) in [6, 6.07) is 4.49. The van der Waals surface area contributed by atoms with E-state index in [1.54, 1.807) is 26.2 Å². The molecule has 0 radical (unpaired) electrons. The number of amides is 1. The highest BCUT2D eigenvalue weighted by Crippen LogP contribution is 2.28. The topological polar surface area (TPSA) is 45.2 Å². The highest BCUT2D eigenvalue weighted by Gasteiger charge is 2.14. The molecule has 1 amide bonds. The first-order valence-corrected chi connectivity index (χ1v) is 7.98. The fourth-order valence-electron chi connectivity index (χ4n) is 1.76. The monoisotopic (exact) mass is 341 g/mol. The number of benzene rings is 1. The lowest BCUT2D eigenvalue weighted by Crippen LogP contribution is -2.34. The molecule has 1 atom stereocenters. The van der Waals surface area contributed by atoms with Gasteiger partial charge in [0.15, 0.2) is 0 Å². The second-order valence-corrected chi connectivity index (χ2v) is 6.39. The fraction of sp³-hybridized carbons (Fsp3) is 0.333. The molecule has 22 heavy (non-hydrogen) atoms. The van der Waals surface area contributed by atoms with Crippen LogP contribution in [0.1, 0.15) is 18.0 Å². The number of hydrogen-bond acceptors (Lipinski definition) is 4. The van der Waals surface area contributed by atoms with Crippen molar-refractivity contribution >= 4 is 28.8 Å². The van der Waals surface area contributed by atoms with Crippen molar-refractivity contribution < 1.29 is 9.18 Å². The van der Waals surface area contributed by atoms with Crippen molar-refractivity contribution in [3.8, 4) is 11.3 Å². The summed E-state index contributed by atoms with van der Waals surface area (Å²) in [5.74, 6) is -0.438. The van der Waals surface area contributed by atoms with Gasteiger partial charge in [0, 0.05) is 25.0 Å². The van der Waals surface area contributed by atoms with Gasteiger partial charge in [-0.25, -0.2) is 9.37 Å². The molecule has 0 fully saturated rings. The van der Waals surface area contributed by atoms with Gasteiger partial charge >= 0.3 is 0 Å². The van der Waals surface area contributed by atoms with Crippen LogP contribution < -0.4 is 5.32 Å². The molecule has 7 heteroatoms. The Bertz CT molecular complexity index is 675. The van der Waals surface area contributed by atoms with Crippen molar-refractivity contribution in [3.63, 3.8) is 0 Å². The van der Waals surface area contributed by atoms with Crippen LogP contribution in [-0.4, -0.2) is 36.4 Å². The SMILES string of the molecule is CC(NCC(=O)N(C)C)c1nc(-c2ccc(F)c(Cl)c2)cs1. The molecule has 1 heterocycles. The zero-order valence-electron chi connectivity index (χ0n) is 12.6. The molecule has 1 aromatic carbocycles. The fourth-order valence-corrected chi connectivity index (χ4v) is 2.80. The normalized spacial score (nSPS) is 12.2. The van der Waals surface area contributed by atoms with Crippen LogP contribution >= 0.6 is 22.9 Å². The molecule has 0 spiro atoms. The summed E-state index contributed by atoms with van der Waals surface area (Å²) in [5, 5.41) is 5.97. The molecule has 0 aliphatic rings. The zero-order chi connectivity index (χ0) is 16.3. The van der Waals surface area contributed by atoms with Crippen LogP contribution in [0.25, 0.3) is 11.3 Å². The molecule has 1 unspecified atom stereocenters.